The number of carbonyl (C=O) groups excluding carboxylic acids is 2. The molecule has 0 aliphatic carbocycles. The van der Waals surface area contributed by atoms with Crippen LogP contribution in [0.2, 0.25) is 0 Å². The highest BCUT2D eigenvalue weighted by Crippen LogP contribution is 2.20. The fourth-order valence-corrected chi connectivity index (χ4v) is 2.97. The number of anilines is 1. The Hall–Kier alpha value is -3.28. The van der Waals surface area contributed by atoms with E-state index in [1.165, 1.54) is 0 Å². The number of ether oxygens (including phenoxy) is 1. The lowest BCUT2D eigenvalue weighted by Crippen LogP contribution is -2.46. The van der Waals surface area contributed by atoms with Crippen molar-refractivity contribution in [2.75, 3.05) is 12.4 Å². The van der Waals surface area contributed by atoms with Crippen molar-refractivity contribution in [1.29, 1.82) is 0 Å². The molecular formula is C22H25N3O3. The molecule has 146 valence electrons. The van der Waals surface area contributed by atoms with Gasteiger partial charge in [0.2, 0.25) is 11.8 Å². The van der Waals surface area contributed by atoms with Crippen LogP contribution in [0.4, 0.5) is 5.69 Å². The zero-order valence-electron chi connectivity index (χ0n) is 16.3. The maximum atomic E-state index is 12.9. The lowest BCUT2D eigenvalue weighted by atomic mass is 10.0. The predicted octanol–water partition coefficient (Wildman–Crippen LogP) is 3.50. The van der Waals surface area contributed by atoms with Crippen molar-refractivity contribution in [2.45, 2.75) is 26.3 Å². The van der Waals surface area contributed by atoms with Crippen molar-refractivity contribution in [3.05, 3.63) is 60.3 Å². The normalized spacial score (nSPS) is 12.0. The summed E-state index contributed by atoms with van der Waals surface area (Å²) in [6.07, 6.45) is 2.28. The number of hydrogen-bond donors (Lipinski definition) is 3. The highest BCUT2D eigenvalue weighted by atomic mass is 16.5. The third kappa shape index (κ3) is 4.52. The van der Waals surface area contributed by atoms with Crippen molar-refractivity contribution in [2.24, 2.45) is 5.92 Å². The van der Waals surface area contributed by atoms with Crippen LogP contribution >= 0.6 is 0 Å². The molecule has 3 rings (SSSR count). The molecule has 2 aromatic carbocycles. The molecule has 1 heterocycles. The van der Waals surface area contributed by atoms with Gasteiger partial charge >= 0.3 is 0 Å². The van der Waals surface area contributed by atoms with Gasteiger partial charge < -0.3 is 20.4 Å². The molecule has 0 aliphatic rings. The summed E-state index contributed by atoms with van der Waals surface area (Å²) in [4.78, 5) is 28.4. The summed E-state index contributed by atoms with van der Waals surface area (Å²) in [6.45, 7) is 3.61. The minimum Gasteiger partial charge on any atom is -0.497 e. The van der Waals surface area contributed by atoms with Gasteiger partial charge in [0, 0.05) is 35.1 Å². The third-order valence-corrected chi connectivity index (χ3v) is 4.61. The number of amides is 2. The average Bonchev–Trinajstić information content (AvgIpc) is 3.11. The number of para-hydroxylation sites is 1. The van der Waals surface area contributed by atoms with Crippen molar-refractivity contribution in [3.63, 3.8) is 0 Å². The Kier molecular flexibility index (Phi) is 5.99. The molecule has 28 heavy (non-hydrogen) atoms. The Labute approximate surface area is 164 Å². The highest BCUT2D eigenvalue weighted by molar-refractivity contribution is 5.98. The molecule has 0 saturated carbocycles. The molecule has 0 radical (unpaired) electrons. The van der Waals surface area contributed by atoms with Gasteiger partial charge in [0.05, 0.1) is 7.11 Å². The van der Waals surface area contributed by atoms with E-state index in [1.807, 2.05) is 30.5 Å². The predicted molar refractivity (Wildman–Crippen MR) is 110 cm³/mol. The number of nitrogens with one attached hydrogen (secondary N) is 3. The molecule has 1 aromatic heterocycles. The highest BCUT2D eigenvalue weighted by Gasteiger charge is 2.24. The van der Waals surface area contributed by atoms with E-state index >= 15 is 0 Å². The number of hydrogen-bond acceptors (Lipinski definition) is 3. The topological polar surface area (TPSA) is 83.2 Å². The van der Waals surface area contributed by atoms with Gasteiger partial charge in [0.15, 0.2) is 0 Å². The zero-order chi connectivity index (χ0) is 20.1. The van der Waals surface area contributed by atoms with Gasteiger partial charge in [-0.05, 0) is 35.9 Å². The molecule has 0 spiro atoms. The van der Waals surface area contributed by atoms with Gasteiger partial charge in [-0.25, -0.2) is 0 Å². The van der Waals surface area contributed by atoms with Crippen LogP contribution < -0.4 is 15.4 Å². The van der Waals surface area contributed by atoms with Crippen LogP contribution in [-0.2, 0) is 16.0 Å². The number of rotatable bonds is 7. The van der Waals surface area contributed by atoms with E-state index in [0.717, 1.165) is 16.5 Å². The molecule has 6 nitrogen and oxygen atoms in total. The average molecular weight is 379 g/mol. The maximum absolute atomic E-state index is 12.9. The van der Waals surface area contributed by atoms with Gasteiger partial charge in [0.25, 0.3) is 0 Å². The molecule has 1 atom stereocenters. The molecule has 0 bridgehead atoms. The van der Waals surface area contributed by atoms with Gasteiger partial charge in [-0.2, -0.15) is 0 Å². The largest absolute Gasteiger partial charge is 0.497 e. The fourth-order valence-electron chi connectivity index (χ4n) is 2.97. The SMILES string of the molecule is COc1ccc(NC(=O)C(Cc2c[nH]c3ccccc23)NC(=O)C(C)C)cc1. The van der Waals surface area contributed by atoms with E-state index < -0.39 is 6.04 Å². The second-order valence-electron chi connectivity index (χ2n) is 7.00. The van der Waals surface area contributed by atoms with Crippen molar-refractivity contribution >= 4 is 28.4 Å². The Morgan fingerprint density at radius 1 is 1.04 bits per heavy atom. The molecule has 3 aromatic rings. The summed E-state index contributed by atoms with van der Waals surface area (Å²) in [6, 6.07) is 14.3. The first-order valence-corrected chi connectivity index (χ1v) is 9.28. The standard InChI is InChI=1S/C22H25N3O3/c1-14(2)21(26)25-20(12-15-13-23-19-7-5-4-6-18(15)19)22(27)24-16-8-10-17(28-3)11-9-16/h4-11,13-14,20,23H,12H2,1-3H3,(H,24,27)(H,25,26). The number of fused-ring (bicyclic) bond motifs is 1. The second-order valence-corrected chi connectivity index (χ2v) is 7.00. The number of methoxy groups -OCH3 is 1. The van der Waals surface area contributed by atoms with Crippen molar-refractivity contribution in [1.82, 2.24) is 10.3 Å². The van der Waals surface area contributed by atoms with Crippen LogP contribution in [0.1, 0.15) is 19.4 Å². The van der Waals surface area contributed by atoms with Gasteiger partial charge in [0.1, 0.15) is 11.8 Å². The summed E-state index contributed by atoms with van der Waals surface area (Å²) >= 11 is 0. The molecular weight excluding hydrogens is 354 g/mol. The molecule has 2 amide bonds. The van der Waals surface area contributed by atoms with E-state index in [0.29, 0.717) is 17.9 Å². The third-order valence-electron chi connectivity index (χ3n) is 4.61. The number of aromatic nitrogens is 1. The van der Waals surface area contributed by atoms with Crippen LogP contribution in [0.3, 0.4) is 0 Å². The quantitative estimate of drug-likeness (QED) is 0.587. The number of carbonyl (C=O) groups is 2. The van der Waals surface area contributed by atoms with Crippen LogP contribution in [0.15, 0.2) is 54.7 Å². The summed E-state index contributed by atoms with van der Waals surface area (Å²) in [5.41, 5.74) is 2.63. The fraction of sp³-hybridized carbons (Fsp3) is 0.273. The smallest absolute Gasteiger partial charge is 0.247 e. The molecule has 1 unspecified atom stereocenters. The lowest BCUT2D eigenvalue weighted by molar-refractivity contribution is -0.128. The Balaban J connectivity index is 1.80. The van der Waals surface area contributed by atoms with Gasteiger partial charge in [-0.3, -0.25) is 9.59 Å². The maximum Gasteiger partial charge on any atom is 0.247 e. The lowest BCUT2D eigenvalue weighted by Gasteiger charge is -2.20. The minimum atomic E-state index is -0.684. The number of H-pyrrole nitrogens is 1. The van der Waals surface area contributed by atoms with Gasteiger partial charge in [-0.15, -0.1) is 0 Å². The molecule has 6 heteroatoms. The number of benzene rings is 2. The van der Waals surface area contributed by atoms with Crippen LogP contribution in [0.25, 0.3) is 10.9 Å². The molecule has 0 saturated heterocycles. The molecule has 0 fully saturated rings. The Morgan fingerprint density at radius 3 is 2.43 bits per heavy atom. The van der Waals surface area contributed by atoms with Crippen molar-refractivity contribution in [3.8, 4) is 5.75 Å². The minimum absolute atomic E-state index is 0.158. The van der Waals surface area contributed by atoms with Crippen LogP contribution in [-0.4, -0.2) is 29.9 Å². The summed E-state index contributed by atoms with van der Waals surface area (Å²) in [5, 5.41) is 6.80. The van der Waals surface area contributed by atoms with E-state index in [4.69, 9.17) is 4.74 Å². The zero-order valence-corrected chi connectivity index (χ0v) is 16.3. The van der Waals surface area contributed by atoms with Crippen molar-refractivity contribution < 1.29 is 14.3 Å². The van der Waals surface area contributed by atoms with Gasteiger partial charge in [-0.1, -0.05) is 32.0 Å². The van der Waals surface area contributed by atoms with Crippen LogP contribution in [0, 0.1) is 5.92 Å². The first kappa shape index (κ1) is 19.5. The summed E-state index contributed by atoms with van der Waals surface area (Å²) < 4.78 is 5.14. The first-order valence-electron chi connectivity index (χ1n) is 9.28. The molecule has 0 aliphatic heterocycles. The van der Waals surface area contributed by atoms with Crippen LogP contribution in [0.5, 0.6) is 5.75 Å². The van der Waals surface area contributed by atoms with E-state index in [2.05, 4.69) is 15.6 Å². The molecule has 3 N–H and O–H groups in total. The Bertz CT molecular complexity index is 961. The van der Waals surface area contributed by atoms with E-state index in [9.17, 15) is 9.59 Å². The monoisotopic (exact) mass is 379 g/mol. The Morgan fingerprint density at radius 2 is 1.75 bits per heavy atom. The summed E-state index contributed by atoms with van der Waals surface area (Å²) in [7, 11) is 1.59. The first-order chi connectivity index (χ1) is 13.5. The van der Waals surface area contributed by atoms with E-state index in [1.54, 1.807) is 45.2 Å². The van der Waals surface area contributed by atoms with E-state index in [-0.39, 0.29) is 17.7 Å². The number of aromatic amines is 1. The summed E-state index contributed by atoms with van der Waals surface area (Å²) in [5.74, 6) is 0.0832. The second kappa shape index (κ2) is 8.61.